The zero-order valence-corrected chi connectivity index (χ0v) is 22.3. The Bertz CT molecular complexity index is 1260. The number of anilines is 1. The lowest BCUT2D eigenvalue weighted by molar-refractivity contribution is -0.113. The number of ether oxygens (including phenoxy) is 2. The Labute approximate surface area is 212 Å². The zero-order chi connectivity index (χ0) is 25.9. The molecule has 0 bridgehead atoms. The normalized spacial score (nSPS) is 11.3. The van der Waals surface area contributed by atoms with Gasteiger partial charge in [0.05, 0.1) is 25.5 Å². The lowest BCUT2D eigenvalue weighted by atomic mass is 9.87. The average molecular weight is 517 g/mol. The van der Waals surface area contributed by atoms with Gasteiger partial charge in [-0.2, -0.15) is 0 Å². The molecule has 0 aliphatic rings. The van der Waals surface area contributed by atoms with Gasteiger partial charge in [-0.05, 0) is 23.5 Å². The van der Waals surface area contributed by atoms with Crippen molar-refractivity contribution >= 4 is 45.9 Å². The average Bonchev–Trinajstić information content (AvgIpc) is 3.35. The fourth-order valence-electron chi connectivity index (χ4n) is 3.34. The van der Waals surface area contributed by atoms with Crippen molar-refractivity contribution in [2.75, 3.05) is 25.3 Å². The van der Waals surface area contributed by atoms with E-state index in [-0.39, 0.29) is 32.5 Å². The number of aromatic nitrogens is 3. The van der Waals surface area contributed by atoms with E-state index in [0.717, 1.165) is 16.9 Å². The third kappa shape index (κ3) is 5.73. The monoisotopic (exact) mass is 516 g/mol. The number of hydrogen-bond acceptors (Lipinski definition) is 9. The molecule has 35 heavy (non-hydrogen) atoms. The van der Waals surface area contributed by atoms with E-state index in [1.165, 1.54) is 31.5 Å². The molecule has 0 aliphatic carbocycles. The van der Waals surface area contributed by atoms with Gasteiger partial charge in [0.25, 0.3) is 0 Å². The fraction of sp³-hybridized carbons (Fsp3) is 0.375. The van der Waals surface area contributed by atoms with E-state index < -0.39 is 11.9 Å². The summed E-state index contributed by atoms with van der Waals surface area (Å²) in [6, 6.07) is 8.18. The number of benzene rings is 1. The van der Waals surface area contributed by atoms with E-state index in [2.05, 4.69) is 48.4 Å². The van der Waals surface area contributed by atoms with Gasteiger partial charge < -0.3 is 19.4 Å². The second-order valence-corrected chi connectivity index (χ2v) is 10.7. The summed E-state index contributed by atoms with van der Waals surface area (Å²) in [5, 5.41) is 12.0. The van der Waals surface area contributed by atoms with Crippen LogP contribution in [0, 0.1) is 6.92 Å². The molecule has 2 aromatic heterocycles. The highest BCUT2D eigenvalue weighted by atomic mass is 32.2. The summed E-state index contributed by atoms with van der Waals surface area (Å²) in [4.78, 5) is 37.2. The summed E-state index contributed by atoms with van der Waals surface area (Å²) in [5.41, 5.74) is 2.73. The van der Waals surface area contributed by atoms with Crippen LogP contribution in [0.1, 0.15) is 51.9 Å². The number of nitrogens with one attached hydrogen (secondary N) is 1. The van der Waals surface area contributed by atoms with Crippen LogP contribution >= 0.6 is 23.1 Å². The van der Waals surface area contributed by atoms with E-state index in [0.29, 0.717) is 16.5 Å². The van der Waals surface area contributed by atoms with Crippen LogP contribution in [0.25, 0.3) is 11.4 Å². The smallest absolute Gasteiger partial charge is 0.348 e. The summed E-state index contributed by atoms with van der Waals surface area (Å²) in [7, 11) is 4.33. The van der Waals surface area contributed by atoms with Crippen molar-refractivity contribution in [3.63, 3.8) is 0 Å². The molecule has 0 spiro atoms. The maximum Gasteiger partial charge on any atom is 0.348 e. The summed E-state index contributed by atoms with van der Waals surface area (Å²) in [6.45, 7) is 8.08. The minimum atomic E-state index is -0.646. The van der Waals surface area contributed by atoms with Crippen LogP contribution in [-0.2, 0) is 26.7 Å². The van der Waals surface area contributed by atoms with Crippen molar-refractivity contribution in [2.24, 2.45) is 7.05 Å². The van der Waals surface area contributed by atoms with Crippen LogP contribution in [0.4, 0.5) is 5.00 Å². The Hall–Kier alpha value is -3.18. The predicted octanol–water partition coefficient (Wildman–Crippen LogP) is 4.45. The number of thioether (sulfide) groups is 1. The Morgan fingerprint density at radius 3 is 2.26 bits per heavy atom. The van der Waals surface area contributed by atoms with Crippen molar-refractivity contribution in [2.45, 2.75) is 38.3 Å². The van der Waals surface area contributed by atoms with E-state index in [9.17, 15) is 14.4 Å². The number of carbonyl (C=O) groups is 3. The molecule has 2 heterocycles. The van der Waals surface area contributed by atoms with Crippen molar-refractivity contribution < 1.29 is 23.9 Å². The number of amides is 1. The van der Waals surface area contributed by atoms with Gasteiger partial charge in [-0.15, -0.1) is 21.5 Å². The topological polar surface area (TPSA) is 112 Å². The molecule has 11 heteroatoms. The van der Waals surface area contributed by atoms with Gasteiger partial charge in [0.1, 0.15) is 9.88 Å². The molecule has 0 saturated heterocycles. The molecule has 1 amide bonds. The lowest BCUT2D eigenvalue weighted by Gasteiger charge is -2.19. The summed E-state index contributed by atoms with van der Waals surface area (Å²) in [5.74, 6) is -0.878. The second kappa shape index (κ2) is 10.6. The third-order valence-corrected chi connectivity index (χ3v) is 7.54. The van der Waals surface area contributed by atoms with Crippen LogP contribution in [0.15, 0.2) is 29.4 Å². The van der Waals surface area contributed by atoms with Gasteiger partial charge in [-0.1, -0.05) is 56.8 Å². The van der Waals surface area contributed by atoms with Gasteiger partial charge >= 0.3 is 11.9 Å². The molecule has 1 N–H and O–H groups in total. The highest BCUT2D eigenvalue weighted by Gasteiger charge is 2.27. The fourth-order valence-corrected chi connectivity index (χ4v) is 5.18. The van der Waals surface area contributed by atoms with E-state index in [1.807, 2.05) is 23.7 Å². The zero-order valence-electron chi connectivity index (χ0n) is 20.7. The van der Waals surface area contributed by atoms with Crippen molar-refractivity contribution in [3.8, 4) is 11.4 Å². The number of rotatable bonds is 7. The largest absolute Gasteiger partial charge is 0.465 e. The highest BCUT2D eigenvalue weighted by Crippen LogP contribution is 2.34. The minimum Gasteiger partial charge on any atom is -0.465 e. The SMILES string of the molecule is COC(=O)c1sc(NC(=O)CSc2nnc(-c3ccc(C(C)(C)C)cc3)n2C)c(C(=O)OC)c1C. The molecule has 0 saturated carbocycles. The molecule has 0 radical (unpaired) electrons. The first-order valence-electron chi connectivity index (χ1n) is 10.7. The predicted molar refractivity (Wildman–Crippen MR) is 136 cm³/mol. The van der Waals surface area contributed by atoms with Gasteiger partial charge in [-0.25, -0.2) is 9.59 Å². The molecule has 0 fully saturated rings. The van der Waals surface area contributed by atoms with Crippen molar-refractivity contribution in [1.82, 2.24) is 14.8 Å². The maximum absolute atomic E-state index is 12.7. The van der Waals surface area contributed by atoms with Gasteiger partial charge in [0, 0.05) is 12.6 Å². The number of hydrogen-bond donors (Lipinski definition) is 1. The molecule has 3 aromatic rings. The number of thiophene rings is 1. The number of methoxy groups -OCH3 is 2. The van der Waals surface area contributed by atoms with Crippen molar-refractivity contribution in [3.05, 3.63) is 45.8 Å². The van der Waals surface area contributed by atoms with Crippen LogP contribution in [0.5, 0.6) is 0 Å². The molecule has 0 aliphatic heterocycles. The molecule has 1 aromatic carbocycles. The summed E-state index contributed by atoms with van der Waals surface area (Å²) < 4.78 is 11.4. The Morgan fingerprint density at radius 1 is 1.06 bits per heavy atom. The van der Waals surface area contributed by atoms with Crippen LogP contribution in [0.2, 0.25) is 0 Å². The van der Waals surface area contributed by atoms with Crippen LogP contribution in [-0.4, -0.2) is 52.6 Å². The molecule has 9 nitrogen and oxygen atoms in total. The molecular weight excluding hydrogens is 488 g/mol. The van der Waals surface area contributed by atoms with E-state index >= 15 is 0 Å². The number of nitrogens with zero attached hydrogens (tertiary/aromatic N) is 3. The highest BCUT2D eigenvalue weighted by molar-refractivity contribution is 7.99. The molecule has 186 valence electrons. The molecular formula is C24H28N4O5S2. The van der Waals surface area contributed by atoms with Gasteiger partial charge in [-0.3, -0.25) is 4.79 Å². The quantitative estimate of drug-likeness (QED) is 0.362. The minimum absolute atomic E-state index is 0.0278. The van der Waals surface area contributed by atoms with Crippen LogP contribution in [0.3, 0.4) is 0 Å². The molecule has 3 rings (SSSR count). The molecule has 0 atom stereocenters. The molecule has 0 unspecified atom stereocenters. The first-order chi connectivity index (χ1) is 16.5. The standard InChI is InChI=1S/C24H28N4O5S2/c1-13-17(21(30)32-6)20(35-18(13)22(31)33-7)25-16(29)12-34-23-27-26-19(28(23)5)14-8-10-15(11-9-14)24(2,3)4/h8-11H,12H2,1-7H3,(H,25,29). The first kappa shape index (κ1) is 26.4. The van der Waals surface area contributed by atoms with Crippen molar-refractivity contribution in [1.29, 1.82) is 0 Å². The van der Waals surface area contributed by atoms with Crippen LogP contribution < -0.4 is 5.32 Å². The second-order valence-electron chi connectivity index (χ2n) is 8.77. The Balaban J connectivity index is 1.73. The summed E-state index contributed by atoms with van der Waals surface area (Å²) >= 11 is 2.18. The Morgan fingerprint density at radius 2 is 1.69 bits per heavy atom. The van der Waals surface area contributed by atoms with E-state index in [4.69, 9.17) is 9.47 Å². The lowest BCUT2D eigenvalue weighted by Crippen LogP contribution is -2.16. The summed E-state index contributed by atoms with van der Waals surface area (Å²) in [6.07, 6.45) is 0. The first-order valence-corrected chi connectivity index (χ1v) is 12.5. The van der Waals surface area contributed by atoms with E-state index in [1.54, 1.807) is 6.92 Å². The Kier molecular flexibility index (Phi) is 8.01. The third-order valence-electron chi connectivity index (χ3n) is 5.34. The van der Waals surface area contributed by atoms with Gasteiger partial charge in [0.2, 0.25) is 5.91 Å². The van der Waals surface area contributed by atoms with Gasteiger partial charge in [0.15, 0.2) is 11.0 Å². The number of esters is 2. The number of carbonyl (C=O) groups excluding carboxylic acids is 3. The maximum atomic E-state index is 12.7.